The van der Waals surface area contributed by atoms with Crippen LogP contribution in [0.3, 0.4) is 0 Å². The largest absolute Gasteiger partial charge is 0.387 e. The average Bonchev–Trinajstić information content (AvgIpc) is 1.85. The standard InChI is InChI=1S/C6H7ClN3O/c1-3(11)4-2-5(7)10-6(8)9-4/h2-3,11H,1H2,(H2,8,9,10). The van der Waals surface area contributed by atoms with E-state index in [0.717, 1.165) is 0 Å². The maximum absolute atomic E-state index is 8.96. The fourth-order valence-corrected chi connectivity index (χ4v) is 0.822. The Bertz CT molecular complexity index is 244. The summed E-state index contributed by atoms with van der Waals surface area (Å²) in [6, 6.07) is 1.41. The second-order valence-electron chi connectivity index (χ2n) is 1.99. The van der Waals surface area contributed by atoms with Crippen molar-refractivity contribution in [2.24, 2.45) is 0 Å². The molecule has 1 heterocycles. The lowest BCUT2D eigenvalue weighted by Gasteiger charge is -2.03. The van der Waals surface area contributed by atoms with Crippen molar-refractivity contribution in [2.45, 2.75) is 6.10 Å². The highest BCUT2D eigenvalue weighted by atomic mass is 35.5. The molecule has 0 saturated carbocycles. The second kappa shape index (κ2) is 3.02. The Labute approximate surface area is 69.0 Å². The quantitative estimate of drug-likeness (QED) is 0.608. The van der Waals surface area contributed by atoms with Crippen LogP contribution in [-0.2, 0) is 0 Å². The van der Waals surface area contributed by atoms with Gasteiger partial charge in [0.2, 0.25) is 5.95 Å². The summed E-state index contributed by atoms with van der Waals surface area (Å²) >= 11 is 5.52. The third-order valence-corrected chi connectivity index (χ3v) is 1.27. The van der Waals surface area contributed by atoms with Gasteiger partial charge in [-0.1, -0.05) is 11.6 Å². The Hall–Kier alpha value is -0.870. The highest BCUT2D eigenvalue weighted by Crippen LogP contribution is 2.13. The Morgan fingerprint density at radius 3 is 2.73 bits per heavy atom. The zero-order valence-electron chi connectivity index (χ0n) is 5.66. The predicted molar refractivity (Wildman–Crippen MR) is 41.8 cm³/mol. The fraction of sp³-hybridized carbons (Fsp3) is 0.167. The number of rotatable bonds is 1. The summed E-state index contributed by atoms with van der Waals surface area (Å²) in [6.45, 7) is 3.34. The molecule has 0 amide bonds. The van der Waals surface area contributed by atoms with Gasteiger partial charge < -0.3 is 10.8 Å². The fourth-order valence-electron chi connectivity index (χ4n) is 0.624. The minimum absolute atomic E-state index is 0.0372. The van der Waals surface area contributed by atoms with E-state index in [1.165, 1.54) is 6.07 Å². The van der Waals surface area contributed by atoms with E-state index in [2.05, 4.69) is 16.9 Å². The zero-order valence-corrected chi connectivity index (χ0v) is 6.41. The second-order valence-corrected chi connectivity index (χ2v) is 2.38. The van der Waals surface area contributed by atoms with Gasteiger partial charge in [0.05, 0.1) is 11.8 Å². The molecule has 0 aliphatic rings. The van der Waals surface area contributed by atoms with E-state index in [1.807, 2.05) is 0 Å². The van der Waals surface area contributed by atoms with Crippen LogP contribution in [0, 0.1) is 6.92 Å². The first kappa shape index (κ1) is 8.23. The molecule has 4 nitrogen and oxygen atoms in total. The van der Waals surface area contributed by atoms with Crippen molar-refractivity contribution in [3.63, 3.8) is 0 Å². The molecule has 0 aromatic carbocycles. The van der Waals surface area contributed by atoms with Crippen LogP contribution in [0.2, 0.25) is 5.15 Å². The molecule has 5 heteroatoms. The van der Waals surface area contributed by atoms with Gasteiger partial charge in [0, 0.05) is 0 Å². The zero-order chi connectivity index (χ0) is 8.43. The molecule has 1 radical (unpaired) electrons. The number of aromatic nitrogens is 2. The number of nitrogens with zero attached hydrogens (tertiary/aromatic N) is 2. The Morgan fingerprint density at radius 2 is 2.27 bits per heavy atom. The molecule has 3 N–H and O–H groups in total. The van der Waals surface area contributed by atoms with E-state index in [0.29, 0.717) is 5.69 Å². The van der Waals surface area contributed by atoms with Gasteiger partial charge in [-0.05, 0) is 13.0 Å². The molecule has 11 heavy (non-hydrogen) atoms. The van der Waals surface area contributed by atoms with Crippen LogP contribution >= 0.6 is 11.6 Å². The molecular formula is C6H7ClN3O. The Balaban J connectivity index is 3.08. The van der Waals surface area contributed by atoms with Crippen LogP contribution in [0.1, 0.15) is 11.8 Å². The minimum atomic E-state index is -0.919. The van der Waals surface area contributed by atoms with Gasteiger partial charge in [0.1, 0.15) is 5.15 Å². The van der Waals surface area contributed by atoms with E-state index < -0.39 is 6.10 Å². The van der Waals surface area contributed by atoms with Crippen molar-refractivity contribution >= 4 is 17.5 Å². The minimum Gasteiger partial charge on any atom is -0.387 e. The van der Waals surface area contributed by atoms with Crippen molar-refractivity contribution in [3.05, 3.63) is 23.8 Å². The topological polar surface area (TPSA) is 72.0 Å². The molecule has 0 spiro atoms. The third kappa shape index (κ3) is 2.03. The number of aliphatic hydroxyl groups excluding tert-OH is 1. The molecule has 1 aromatic rings. The van der Waals surface area contributed by atoms with Gasteiger partial charge in [-0.15, -0.1) is 0 Å². The monoisotopic (exact) mass is 172 g/mol. The van der Waals surface area contributed by atoms with Crippen LogP contribution in [0.15, 0.2) is 6.07 Å². The number of nitrogens with two attached hydrogens (primary N) is 1. The van der Waals surface area contributed by atoms with E-state index in [4.69, 9.17) is 22.4 Å². The van der Waals surface area contributed by atoms with Crippen molar-refractivity contribution < 1.29 is 5.11 Å². The summed E-state index contributed by atoms with van der Waals surface area (Å²) in [5, 5.41) is 9.16. The maximum Gasteiger partial charge on any atom is 0.221 e. The van der Waals surface area contributed by atoms with E-state index in [-0.39, 0.29) is 11.1 Å². The molecule has 1 unspecified atom stereocenters. The van der Waals surface area contributed by atoms with E-state index >= 15 is 0 Å². The van der Waals surface area contributed by atoms with Gasteiger partial charge in [0.15, 0.2) is 0 Å². The molecular weight excluding hydrogens is 166 g/mol. The molecule has 1 aromatic heterocycles. The molecule has 0 aliphatic heterocycles. The summed E-state index contributed by atoms with van der Waals surface area (Å²) in [5.41, 5.74) is 5.57. The van der Waals surface area contributed by atoms with Gasteiger partial charge in [-0.3, -0.25) is 0 Å². The molecule has 0 aliphatic carbocycles. The SMILES string of the molecule is [CH2]C(O)c1cc(Cl)nc(N)n1. The highest BCUT2D eigenvalue weighted by Gasteiger charge is 2.04. The maximum atomic E-state index is 8.96. The van der Waals surface area contributed by atoms with Crippen molar-refractivity contribution in [3.8, 4) is 0 Å². The molecule has 0 fully saturated rings. The average molecular weight is 173 g/mol. The van der Waals surface area contributed by atoms with Gasteiger partial charge >= 0.3 is 0 Å². The van der Waals surface area contributed by atoms with Crippen LogP contribution in [0.5, 0.6) is 0 Å². The summed E-state index contributed by atoms with van der Waals surface area (Å²) in [5.74, 6) is 0.0372. The number of anilines is 1. The Morgan fingerprint density at radius 1 is 1.64 bits per heavy atom. The first-order valence-electron chi connectivity index (χ1n) is 2.90. The van der Waals surface area contributed by atoms with Gasteiger partial charge in [-0.25, -0.2) is 9.97 Å². The third-order valence-electron chi connectivity index (χ3n) is 1.07. The number of aliphatic hydroxyl groups is 1. The van der Waals surface area contributed by atoms with Crippen LogP contribution < -0.4 is 5.73 Å². The normalized spacial score (nSPS) is 13.0. The van der Waals surface area contributed by atoms with Crippen molar-refractivity contribution in [2.75, 3.05) is 5.73 Å². The van der Waals surface area contributed by atoms with Crippen LogP contribution in [-0.4, -0.2) is 15.1 Å². The number of hydrogen-bond donors (Lipinski definition) is 2. The first-order valence-corrected chi connectivity index (χ1v) is 3.28. The smallest absolute Gasteiger partial charge is 0.221 e. The van der Waals surface area contributed by atoms with E-state index in [9.17, 15) is 0 Å². The molecule has 1 rings (SSSR count). The Kier molecular flexibility index (Phi) is 2.26. The highest BCUT2D eigenvalue weighted by molar-refractivity contribution is 6.29. The summed E-state index contributed by atoms with van der Waals surface area (Å²) < 4.78 is 0. The van der Waals surface area contributed by atoms with Crippen LogP contribution in [0.25, 0.3) is 0 Å². The first-order chi connectivity index (χ1) is 5.09. The lowest BCUT2D eigenvalue weighted by molar-refractivity contribution is 0.221. The van der Waals surface area contributed by atoms with Crippen LogP contribution in [0.4, 0.5) is 5.95 Å². The number of hydrogen-bond acceptors (Lipinski definition) is 4. The van der Waals surface area contributed by atoms with Gasteiger partial charge in [0.25, 0.3) is 0 Å². The lowest BCUT2D eigenvalue weighted by Crippen LogP contribution is -2.02. The summed E-state index contributed by atoms with van der Waals surface area (Å²) in [7, 11) is 0. The molecule has 0 bridgehead atoms. The molecule has 59 valence electrons. The number of halogens is 1. The lowest BCUT2D eigenvalue weighted by atomic mass is 10.3. The number of nitrogen functional groups attached to an aromatic ring is 1. The predicted octanol–water partition coefficient (Wildman–Crippen LogP) is 0.580. The van der Waals surface area contributed by atoms with Crippen molar-refractivity contribution in [1.82, 2.24) is 9.97 Å². The molecule has 1 atom stereocenters. The summed E-state index contributed by atoms with van der Waals surface area (Å²) in [4.78, 5) is 7.31. The van der Waals surface area contributed by atoms with Gasteiger partial charge in [-0.2, -0.15) is 0 Å². The molecule has 0 saturated heterocycles. The van der Waals surface area contributed by atoms with Crippen molar-refractivity contribution in [1.29, 1.82) is 0 Å². The summed E-state index contributed by atoms with van der Waals surface area (Å²) in [6.07, 6.45) is -0.919. The van der Waals surface area contributed by atoms with E-state index in [1.54, 1.807) is 0 Å².